The summed E-state index contributed by atoms with van der Waals surface area (Å²) < 4.78 is 41.2. The van der Waals surface area contributed by atoms with Crippen LogP contribution in [-0.4, -0.2) is 10.1 Å². The van der Waals surface area contributed by atoms with Gasteiger partial charge in [-0.2, -0.15) is 13.2 Å². The largest absolute Gasteiger partial charge is 0.452 e. The van der Waals surface area contributed by atoms with E-state index in [1.165, 1.54) is 12.1 Å². The van der Waals surface area contributed by atoms with E-state index in [9.17, 15) is 23.3 Å². The van der Waals surface area contributed by atoms with Crippen LogP contribution in [-0.2, 0) is 12.6 Å². The summed E-state index contributed by atoms with van der Waals surface area (Å²) in [5.74, 6) is -1.16. The summed E-state index contributed by atoms with van der Waals surface area (Å²) in [5, 5.41) is 14.0. The van der Waals surface area contributed by atoms with E-state index < -0.39 is 16.9 Å². The lowest BCUT2D eigenvalue weighted by atomic mass is 10.1. The van der Waals surface area contributed by atoms with Crippen LogP contribution in [0, 0.1) is 17.0 Å². The lowest BCUT2D eigenvalue weighted by Gasteiger charge is -2.01. The fourth-order valence-electron chi connectivity index (χ4n) is 1.77. The lowest BCUT2D eigenvalue weighted by molar-refractivity contribution is -0.385. The van der Waals surface area contributed by atoms with Crippen LogP contribution in [0.1, 0.15) is 22.6 Å². The van der Waals surface area contributed by atoms with Gasteiger partial charge in [0.05, 0.1) is 10.6 Å². The van der Waals surface area contributed by atoms with Crippen LogP contribution < -0.4 is 0 Å². The fourth-order valence-corrected chi connectivity index (χ4v) is 1.77. The van der Waals surface area contributed by atoms with Gasteiger partial charge in [0.2, 0.25) is 5.76 Å². The van der Waals surface area contributed by atoms with Gasteiger partial charge >= 0.3 is 6.18 Å². The summed E-state index contributed by atoms with van der Waals surface area (Å²) in [4.78, 5) is 10.1. The van der Waals surface area contributed by atoms with Crippen molar-refractivity contribution in [1.29, 1.82) is 0 Å². The van der Waals surface area contributed by atoms with Gasteiger partial charge in [-0.25, -0.2) is 0 Å². The second kappa shape index (κ2) is 4.95. The Hall–Kier alpha value is -2.38. The van der Waals surface area contributed by atoms with E-state index in [0.717, 1.165) is 6.07 Å². The van der Waals surface area contributed by atoms with E-state index in [2.05, 4.69) is 9.68 Å². The van der Waals surface area contributed by atoms with Gasteiger partial charge in [-0.3, -0.25) is 10.1 Å². The van der Waals surface area contributed by atoms with E-state index in [-0.39, 0.29) is 17.8 Å². The molecule has 0 aliphatic rings. The number of aryl methyl sites for hydroxylation is 1. The number of alkyl halides is 3. The summed E-state index contributed by atoms with van der Waals surface area (Å²) in [7, 11) is 0. The molecule has 0 fully saturated rings. The molecule has 0 aliphatic carbocycles. The Balaban J connectivity index is 2.20. The number of halogens is 3. The topological polar surface area (TPSA) is 69.2 Å². The Morgan fingerprint density at radius 3 is 2.55 bits per heavy atom. The average Bonchev–Trinajstić information content (AvgIpc) is 2.76. The van der Waals surface area contributed by atoms with Gasteiger partial charge in [-0.05, 0) is 18.6 Å². The molecule has 0 radical (unpaired) electrons. The van der Waals surface area contributed by atoms with Crippen molar-refractivity contribution in [3.8, 4) is 0 Å². The molecule has 8 heteroatoms. The number of rotatable bonds is 3. The standard InChI is InChI=1S/C12H9F3N2O3/c1-7-4-8(2-3-10(7)17(18)19)5-9-6-11(20-16-9)12(13,14)15/h2-4,6H,5H2,1H3. The summed E-state index contributed by atoms with van der Waals surface area (Å²) in [6.07, 6.45) is -4.46. The molecule has 5 nitrogen and oxygen atoms in total. The molecule has 0 unspecified atom stereocenters. The monoisotopic (exact) mass is 286 g/mol. The van der Waals surface area contributed by atoms with Crippen LogP contribution in [0.2, 0.25) is 0 Å². The smallest absolute Gasteiger partial charge is 0.351 e. The molecule has 0 atom stereocenters. The maximum Gasteiger partial charge on any atom is 0.452 e. The van der Waals surface area contributed by atoms with E-state index >= 15 is 0 Å². The average molecular weight is 286 g/mol. The minimum absolute atomic E-state index is 0.0371. The molecular weight excluding hydrogens is 277 g/mol. The van der Waals surface area contributed by atoms with Gasteiger partial charge < -0.3 is 4.52 Å². The SMILES string of the molecule is Cc1cc(Cc2cc(C(F)(F)F)on2)ccc1[N+](=O)[O-]. The number of aromatic nitrogens is 1. The molecule has 2 aromatic rings. The molecule has 0 N–H and O–H groups in total. The number of benzene rings is 1. The first-order chi connectivity index (χ1) is 9.27. The van der Waals surface area contributed by atoms with Crippen LogP contribution in [0.15, 0.2) is 28.8 Å². The molecule has 0 bridgehead atoms. The Labute approximate surface area is 111 Å². The minimum Gasteiger partial charge on any atom is -0.351 e. The minimum atomic E-state index is -4.57. The lowest BCUT2D eigenvalue weighted by Crippen LogP contribution is -2.02. The Bertz CT molecular complexity index is 650. The Morgan fingerprint density at radius 1 is 1.35 bits per heavy atom. The molecule has 1 aromatic carbocycles. The maximum absolute atomic E-state index is 12.3. The molecule has 0 saturated carbocycles. The van der Waals surface area contributed by atoms with E-state index in [1.807, 2.05) is 0 Å². The molecular formula is C12H9F3N2O3. The molecule has 2 rings (SSSR count). The highest BCUT2D eigenvalue weighted by Gasteiger charge is 2.36. The summed E-state index contributed by atoms with van der Waals surface area (Å²) >= 11 is 0. The summed E-state index contributed by atoms with van der Waals surface area (Å²) in [6.45, 7) is 1.56. The first-order valence-electron chi connectivity index (χ1n) is 5.54. The van der Waals surface area contributed by atoms with Crippen molar-refractivity contribution in [2.75, 3.05) is 0 Å². The molecule has 106 valence electrons. The molecule has 1 aromatic heterocycles. The first-order valence-corrected chi connectivity index (χ1v) is 5.54. The van der Waals surface area contributed by atoms with E-state index in [1.54, 1.807) is 13.0 Å². The summed E-state index contributed by atoms with van der Waals surface area (Å²) in [5.41, 5.74) is 1.14. The van der Waals surface area contributed by atoms with Crippen molar-refractivity contribution in [3.63, 3.8) is 0 Å². The van der Waals surface area contributed by atoms with Crippen molar-refractivity contribution < 1.29 is 22.6 Å². The molecule has 20 heavy (non-hydrogen) atoms. The molecule has 0 spiro atoms. The van der Waals surface area contributed by atoms with Crippen molar-refractivity contribution in [3.05, 3.63) is 57.0 Å². The van der Waals surface area contributed by atoms with E-state index in [0.29, 0.717) is 11.1 Å². The maximum atomic E-state index is 12.3. The van der Waals surface area contributed by atoms with Crippen LogP contribution in [0.4, 0.5) is 18.9 Å². The van der Waals surface area contributed by atoms with Crippen molar-refractivity contribution >= 4 is 5.69 Å². The predicted octanol–water partition coefficient (Wildman–Crippen LogP) is 3.50. The zero-order chi connectivity index (χ0) is 14.9. The van der Waals surface area contributed by atoms with Crippen LogP contribution in [0.3, 0.4) is 0 Å². The molecule has 1 heterocycles. The number of hydrogen-bond donors (Lipinski definition) is 0. The third-order valence-corrected chi connectivity index (χ3v) is 2.68. The third kappa shape index (κ3) is 2.95. The number of nitro benzene ring substituents is 1. The van der Waals surface area contributed by atoms with Crippen molar-refractivity contribution in [2.45, 2.75) is 19.5 Å². The number of nitrogens with zero attached hydrogens (tertiary/aromatic N) is 2. The normalized spacial score (nSPS) is 11.6. The first kappa shape index (κ1) is 14.0. The van der Waals surface area contributed by atoms with Crippen molar-refractivity contribution in [1.82, 2.24) is 5.16 Å². The fraction of sp³-hybridized carbons (Fsp3) is 0.250. The zero-order valence-corrected chi connectivity index (χ0v) is 10.3. The van der Waals surface area contributed by atoms with Crippen molar-refractivity contribution in [2.24, 2.45) is 0 Å². The summed E-state index contributed by atoms with van der Waals surface area (Å²) in [6, 6.07) is 5.15. The van der Waals surface area contributed by atoms with Crippen LogP contribution >= 0.6 is 0 Å². The van der Waals surface area contributed by atoms with Gasteiger partial charge in [-0.15, -0.1) is 0 Å². The van der Waals surface area contributed by atoms with Crippen LogP contribution in [0.25, 0.3) is 0 Å². The molecule has 0 saturated heterocycles. The third-order valence-electron chi connectivity index (χ3n) is 2.68. The van der Waals surface area contributed by atoms with Gasteiger partial charge in [-0.1, -0.05) is 11.2 Å². The molecule has 0 aliphatic heterocycles. The number of nitro groups is 1. The predicted molar refractivity (Wildman–Crippen MR) is 62.1 cm³/mol. The van der Waals surface area contributed by atoms with Crippen LogP contribution in [0.5, 0.6) is 0 Å². The van der Waals surface area contributed by atoms with Gasteiger partial charge in [0.25, 0.3) is 5.69 Å². The Kier molecular flexibility index (Phi) is 3.47. The Morgan fingerprint density at radius 2 is 2.05 bits per heavy atom. The van der Waals surface area contributed by atoms with Gasteiger partial charge in [0.1, 0.15) is 0 Å². The zero-order valence-electron chi connectivity index (χ0n) is 10.3. The van der Waals surface area contributed by atoms with Gasteiger partial charge in [0, 0.05) is 24.1 Å². The second-order valence-electron chi connectivity index (χ2n) is 4.23. The molecule has 0 amide bonds. The highest BCUT2D eigenvalue weighted by Crippen LogP contribution is 2.30. The quantitative estimate of drug-likeness (QED) is 0.639. The number of hydrogen-bond acceptors (Lipinski definition) is 4. The highest BCUT2D eigenvalue weighted by atomic mass is 19.4. The highest BCUT2D eigenvalue weighted by molar-refractivity contribution is 5.42. The van der Waals surface area contributed by atoms with Gasteiger partial charge in [0.15, 0.2) is 0 Å². The van der Waals surface area contributed by atoms with E-state index in [4.69, 9.17) is 0 Å². The second-order valence-corrected chi connectivity index (χ2v) is 4.23.